The third kappa shape index (κ3) is 2.43. The Balaban J connectivity index is 2.16. The number of benzene rings is 1. The van der Waals surface area contributed by atoms with Gasteiger partial charge in [0.1, 0.15) is 11.1 Å². The maximum absolute atomic E-state index is 11.9. The van der Waals surface area contributed by atoms with Crippen molar-refractivity contribution in [2.75, 3.05) is 7.11 Å². The highest BCUT2D eigenvalue weighted by Crippen LogP contribution is 2.14. The average Bonchev–Trinajstić information content (AvgIpc) is 2.51. The van der Waals surface area contributed by atoms with Gasteiger partial charge in [-0.1, -0.05) is 12.1 Å². The molecule has 6 heteroatoms. The van der Waals surface area contributed by atoms with Crippen molar-refractivity contribution in [3.05, 3.63) is 69.1 Å². The number of hydrogen-bond acceptors (Lipinski definition) is 5. The number of hydrogen-bond donors (Lipinski definition) is 0. The van der Waals surface area contributed by atoms with Gasteiger partial charge in [-0.3, -0.25) is 4.57 Å². The molecule has 6 nitrogen and oxygen atoms in total. The number of nitrogens with zero attached hydrogens (tertiary/aromatic N) is 2. The van der Waals surface area contributed by atoms with Crippen molar-refractivity contribution in [3.8, 4) is 5.75 Å². The van der Waals surface area contributed by atoms with E-state index < -0.39 is 11.4 Å². The van der Waals surface area contributed by atoms with Crippen molar-refractivity contribution in [1.29, 1.82) is 0 Å². The maximum atomic E-state index is 11.9. The lowest BCUT2D eigenvalue weighted by Gasteiger charge is -2.08. The molecule has 0 fully saturated rings. The van der Waals surface area contributed by atoms with Gasteiger partial charge < -0.3 is 9.15 Å². The van der Waals surface area contributed by atoms with Crippen LogP contribution in [0.15, 0.2) is 56.6 Å². The molecule has 0 amide bonds. The molecular formula is C15H12N2O4. The summed E-state index contributed by atoms with van der Waals surface area (Å²) in [6, 6.07) is 10.5. The van der Waals surface area contributed by atoms with Crippen LogP contribution in [-0.2, 0) is 6.54 Å². The van der Waals surface area contributed by atoms with E-state index in [0.717, 1.165) is 5.56 Å². The minimum Gasteiger partial charge on any atom is -0.497 e. The molecule has 0 radical (unpaired) electrons. The first-order valence-electron chi connectivity index (χ1n) is 6.30. The second kappa shape index (κ2) is 5.24. The Morgan fingerprint density at radius 1 is 1.24 bits per heavy atom. The van der Waals surface area contributed by atoms with Gasteiger partial charge in [0, 0.05) is 6.20 Å². The van der Waals surface area contributed by atoms with E-state index in [1.807, 2.05) is 24.3 Å². The first-order chi connectivity index (χ1) is 10.2. The Morgan fingerprint density at radius 2 is 2.10 bits per heavy atom. The molecule has 0 saturated carbocycles. The molecule has 2 aromatic heterocycles. The second-order valence-corrected chi connectivity index (χ2v) is 4.47. The summed E-state index contributed by atoms with van der Waals surface area (Å²) in [5.74, 6) is -0.0378. The Hall–Kier alpha value is -2.89. The van der Waals surface area contributed by atoms with Crippen molar-refractivity contribution in [2.45, 2.75) is 6.54 Å². The van der Waals surface area contributed by atoms with Crippen molar-refractivity contribution in [1.82, 2.24) is 9.55 Å². The number of aromatic nitrogens is 2. The van der Waals surface area contributed by atoms with Crippen molar-refractivity contribution < 1.29 is 9.15 Å². The highest BCUT2D eigenvalue weighted by atomic mass is 16.5. The average molecular weight is 284 g/mol. The fourth-order valence-corrected chi connectivity index (χ4v) is 2.14. The molecule has 21 heavy (non-hydrogen) atoms. The van der Waals surface area contributed by atoms with Crippen molar-refractivity contribution >= 4 is 11.0 Å². The highest BCUT2D eigenvalue weighted by molar-refractivity contribution is 5.72. The SMILES string of the molecule is COc1cccc(Cn2c(=O)oc(=O)c3cccnc32)c1. The predicted molar refractivity (Wildman–Crippen MR) is 76.6 cm³/mol. The molecule has 106 valence electrons. The van der Waals surface area contributed by atoms with Crippen LogP contribution in [0.3, 0.4) is 0 Å². The normalized spacial score (nSPS) is 10.7. The first kappa shape index (κ1) is 13.1. The van der Waals surface area contributed by atoms with Crippen LogP contribution in [0, 0.1) is 0 Å². The van der Waals surface area contributed by atoms with Gasteiger partial charge in [0.25, 0.3) is 0 Å². The van der Waals surface area contributed by atoms with Gasteiger partial charge in [0.2, 0.25) is 0 Å². The molecule has 0 N–H and O–H groups in total. The summed E-state index contributed by atoms with van der Waals surface area (Å²) in [5, 5.41) is 0.278. The van der Waals surface area contributed by atoms with Crippen LogP contribution < -0.4 is 16.1 Å². The zero-order valence-corrected chi connectivity index (χ0v) is 11.3. The summed E-state index contributed by atoms with van der Waals surface area (Å²) in [6.45, 7) is 0.243. The summed E-state index contributed by atoms with van der Waals surface area (Å²) in [6.07, 6.45) is 1.53. The summed E-state index contributed by atoms with van der Waals surface area (Å²) >= 11 is 0. The number of rotatable bonds is 3. The van der Waals surface area contributed by atoms with Crippen LogP contribution in [0.2, 0.25) is 0 Å². The van der Waals surface area contributed by atoms with Crippen LogP contribution >= 0.6 is 0 Å². The molecule has 0 spiro atoms. The molecular weight excluding hydrogens is 272 g/mol. The zero-order chi connectivity index (χ0) is 14.8. The lowest BCUT2D eigenvalue weighted by atomic mass is 10.2. The number of pyridine rings is 1. The van der Waals surface area contributed by atoms with Crippen molar-refractivity contribution in [3.63, 3.8) is 0 Å². The lowest BCUT2D eigenvalue weighted by Crippen LogP contribution is -2.26. The van der Waals surface area contributed by atoms with Gasteiger partial charge in [-0.05, 0) is 29.8 Å². The number of fused-ring (bicyclic) bond motifs is 1. The van der Waals surface area contributed by atoms with Crippen LogP contribution in [0.4, 0.5) is 0 Å². The van der Waals surface area contributed by atoms with Crippen LogP contribution in [0.5, 0.6) is 5.75 Å². The van der Waals surface area contributed by atoms with Gasteiger partial charge in [0.15, 0.2) is 5.65 Å². The van der Waals surface area contributed by atoms with E-state index in [0.29, 0.717) is 11.4 Å². The van der Waals surface area contributed by atoms with E-state index in [9.17, 15) is 9.59 Å². The fraction of sp³-hybridized carbons (Fsp3) is 0.133. The third-order valence-corrected chi connectivity index (χ3v) is 3.14. The summed E-state index contributed by atoms with van der Waals surface area (Å²) in [4.78, 5) is 27.7. The molecule has 3 rings (SSSR count). The highest BCUT2D eigenvalue weighted by Gasteiger charge is 2.10. The molecule has 0 aliphatic rings. The molecule has 0 bridgehead atoms. The van der Waals surface area contributed by atoms with Crippen LogP contribution in [0.1, 0.15) is 5.56 Å². The topological polar surface area (TPSA) is 74.3 Å². The standard InChI is InChI=1S/C15H12N2O4/c1-20-11-5-2-4-10(8-11)9-17-13-12(6-3-7-16-13)14(18)21-15(17)19/h2-8H,9H2,1H3. The van der Waals surface area contributed by atoms with Gasteiger partial charge in [-0.2, -0.15) is 0 Å². The van der Waals surface area contributed by atoms with E-state index >= 15 is 0 Å². The first-order valence-corrected chi connectivity index (χ1v) is 6.30. The predicted octanol–water partition coefficient (Wildman–Crippen LogP) is 1.41. The third-order valence-electron chi connectivity index (χ3n) is 3.14. The van der Waals surface area contributed by atoms with Gasteiger partial charge in [0.05, 0.1) is 13.7 Å². The van der Waals surface area contributed by atoms with Gasteiger partial charge in [-0.25, -0.2) is 14.6 Å². The van der Waals surface area contributed by atoms with E-state index in [-0.39, 0.29) is 11.9 Å². The Bertz CT molecular complexity index is 911. The van der Waals surface area contributed by atoms with E-state index in [4.69, 9.17) is 9.15 Å². The lowest BCUT2D eigenvalue weighted by molar-refractivity contribution is 0.412. The monoisotopic (exact) mass is 284 g/mol. The van der Waals surface area contributed by atoms with E-state index in [2.05, 4.69) is 4.98 Å². The van der Waals surface area contributed by atoms with Crippen LogP contribution in [0.25, 0.3) is 11.0 Å². The Labute approximate surface area is 119 Å². The molecule has 2 heterocycles. The van der Waals surface area contributed by atoms with E-state index in [1.165, 1.54) is 10.8 Å². The molecule has 0 atom stereocenters. The summed E-state index contributed by atoms with van der Waals surface area (Å²) < 4.78 is 11.2. The minimum atomic E-state index is -0.728. The summed E-state index contributed by atoms with van der Waals surface area (Å²) in [7, 11) is 1.57. The van der Waals surface area contributed by atoms with Crippen LogP contribution in [-0.4, -0.2) is 16.7 Å². The number of ether oxygens (including phenoxy) is 1. The quantitative estimate of drug-likeness (QED) is 0.727. The van der Waals surface area contributed by atoms with Gasteiger partial charge >= 0.3 is 11.4 Å². The largest absolute Gasteiger partial charge is 0.497 e. The fourth-order valence-electron chi connectivity index (χ4n) is 2.14. The smallest absolute Gasteiger partial charge is 0.423 e. The molecule has 0 saturated heterocycles. The number of methoxy groups -OCH3 is 1. The molecule has 1 aromatic carbocycles. The maximum Gasteiger partial charge on any atom is 0.423 e. The second-order valence-electron chi connectivity index (χ2n) is 4.47. The zero-order valence-electron chi connectivity index (χ0n) is 11.3. The molecule has 0 aliphatic carbocycles. The van der Waals surface area contributed by atoms with E-state index in [1.54, 1.807) is 19.2 Å². The minimum absolute atomic E-state index is 0.243. The Kier molecular flexibility index (Phi) is 3.27. The van der Waals surface area contributed by atoms with Gasteiger partial charge in [-0.15, -0.1) is 0 Å². The Morgan fingerprint density at radius 3 is 2.90 bits per heavy atom. The summed E-state index contributed by atoms with van der Waals surface area (Å²) in [5.41, 5.74) is 0.476. The molecule has 0 aliphatic heterocycles. The van der Waals surface area contributed by atoms with Crippen molar-refractivity contribution in [2.24, 2.45) is 0 Å². The molecule has 0 unspecified atom stereocenters. The molecule has 3 aromatic rings.